The number of nitrogens with one attached hydrogen (secondary N) is 1. The first kappa shape index (κ1) is 20.4. The van der Waals surface area contributed by atoms with Crippen LogP contribution in [-0.4, -0.2) is 29.3 Å². The van der Waals surface area contributed by atoms with E-state index in [9.17, 15) is 9.90 Å². The maximum absolute atomic E-state index is 12.9. The molecule has 4 aromatic rings. The van der Waals surface area contributed by atoms with Crippen molar-refractivity contribution in [1.82, 2.24) is 10.4 Å². The average molecular weight is 432 g/mol. The quantitative estimate of drug-likeness (QED) is 0.343. The third-order valence-corrected chi connectivity index (χ3v) is 5.02. The molecular weight excluding hydrogens is 414 g/mol. The first-order chi connectivity index (χ1) is 15.1. The molecular formula is C24H18ClN3O3. The van der Waals surface area contributed by atoms with Gasteiger partial charge in [0.25, 0.3) is 5.91 Å². The second kappa shape index (κ2) is 8.85. The molecule has 0 atom stereocenters. The first-order valence-corrected chi connectivity index (χ1v) is 9.79. The molecule has 6 nitrogen and oxygen atoms in total. The van der Waals surface area contributed by atoms with Crippen molar-refractivity contribution in [2.75, 3.05) is 7.11 Å². The number of hydrogen-bond donors (Lipinski definition) is 2. The van der Waals surface area contributed by atoms with E-state index < -0.39 is 0 Å². The summed E-state index contributed by atoms with van der Waals surface area (Å²) in [4.78, 5) is 17.6. The zero-order valence-corrected chi connectivity index (χ0v) is 17.3. The number of carbonyl (C=O) groups is 1. The number of rotatable bonds is 5. The molecule has 31 heavy (non-hydrogen) atoms. The van der Waals surface area contributed by atoms with E-state index in [0.717, 1.165) is 5.56 Å². The van der Waals surface area contributed by atoms with Gasteiger partial charge in [0, 0.05) is 16.0 Å². The predicted molar refractivity (Wildman–Crippen MR) is 122 cm³/mol. The van der Waals surface area contributed by atoms with Crippen LogP contribution in [0.3, 0.4) is 0 Å². The molecule has 3 aromatic carbocycles. The summed E-state index contributed by atoms with van der Waals surface area (Å²) in [5.41, 5.74) is 5.58. The van der Waals surface area contributed by atoms with Gasteiger partial charge in [-0.25, -0.2) is 10.4 Å². The van der Waals surface area contributed by atoms with Gasteiger partial charge < -0.3 is 9.84 Å². The van der Waals surface area contributed by atoms with Crippen LogP contribution in [0.15, 0.2) is 77.9 Å². The van der Waals surface area contributed by atoms with Gasteiger partial charge in [0.15, 0.2) is 11.5 Å². The number of carbonyl (C=O) groups excluding carboxylic acids is 1. The average Bonchev–Trinajstić information content (AvgIpc) is 2.78. The van der Waals surface area contributed by atoms with E-state index in [-0.39, 0.29) is 11.7 Å². The number of pyridine rings is 1. The number of aromatic hydroxyl groups is 1. The number of para-hydroxylation sites is 1. The molecule has 0 aliphatic carbocycles. The number of fused-ring (bicyclic) bond motifs is 1. The van der Waals surface area contributed by atoms with E-state index in [1.807, 2.05) is 42.5 Å². The smallest absolute Gasteiger partial charge is 0.272 e. The van der Waals surface area contributed by atoms with E-state index in [4.69, 9.17) is 16.3 Å². The van der Waals surface area contributed by atoms with Crippen LogP contribution in [0.2, 0.25) is 5.02 Å². The van der Waals surface area contributed by atoms with Crippen molar-refractivity contribution in [2.24, 2.45) is 5.10 Å². The SMILES string of the molecule is COc1ccc(/C=N/NC(=O)c2cc(-c3ccccc3Cl)nc3ccccc23)cc1O. The third kappa shape index (κ3) is 4.34. The van der Waals surface area contributed by atoms with Crippen LogP contribution < -0.4 is 10.2 Å². The number of amides is 1. The van der Waals surface area contributed by atoms with Crippen LogP contribution in [0.25, 0.3) is 22.2 Å². The fourth-order valence-electron chi connectivity index (χ4n) is 3.18. The van der Waals surface area contributed by atoms with E-state index in [1.165, 1.54) is 19.4 Å². The molecule has 2 N–H and O–H groups in total. The van der Waals surface area contributed by atoms with Gasteiger partial charge in [-0.2, -0.15) is 5.10 Å². The molecule has 0 saturated heterocycles. The fourth-order valence-corrected chi connectivity index (χ4v) is 3.42. The summed E-state index contributed by atoms with van der Waals surface area (Å²) in [6, 6.07) is 21.3. The van der Waals surface area contributed by atoms with Crippen LogP contribution in [0.1, 0.15) is 15.9 Å². The summed E-state index contributed by atoms with van der Waals surface area (Å²) < 4.78 is 5.02. The monoisotopic (exact) mass is 431 g/mol. The zero-order valence-electron chi connectivity index (χ0n) is 16.5. The Morgan fingerprint density at radius 1 is 1.10 bits per heavy atom. The summed E-state index contributed by atoms with van der Waals surface area (Å²) in [7, 11) is 1.47. The molecule has 4 rings (SSSR count). The number of methoxy groups -OCH3 is 1. The van der Waals surface area contributed by atoms with E-state index in [0.29, 0.717) is 38.5 Å². The number of nitrogens with zero attached hydrogens (tertiary/aromatic N) is 2. The second-order valence-electron chi connectivity index (χ2n) is 6.68. The molecule has 0 aliphatic heterocycles. The summed E-state index contributed by atoms with van der Waals surface area (Å²) in [5, 5.41) is 15.1. The summed E-state index contributed by atoms with van der Waals surface area (Å²) >= 11 is 6.33. The standard InChI is InChI=1S/C24H18ClN3O3/c1-31-23-11-10-15(12-22(23)29)14-26-28-24(30)18-13-21(17-7-2-4-8-19(17)25)27-20-9-5-3-6-16(18)20/h2-14,29H,1H3,(H,28,30)/b26-14+. The van der Waals surface area contributed by atoms with Crippen molar-refractivity contribution in [3.63, 3.8) is 0 Å². The van der Waals surface area contributed by atoms with Gasteiger partial charge in [-0.15, -0.1) is 0 Å². The summed E-state index contributed by atoms with van der Waals surface area (Å²) in [5.74, 6) is -0.0419. The van der Waals surface area contributed by atoms with Crippen LogP contribution in [0, 0.1) is 0 Å². The van der Waals surface area contributed by atoms with E-state index >= 15 is 0 Å². The Balaban J connectivity index is 1.66. The van der Waals surface area contributed by atoms with Crippen molar-refractivity contribution < 1.29 is 14.6 Å². The molecule has 0 radical (unpaired) electrons. The molecule has 0 unspecified atom stereocenters. The molecule has 1 aromatic heterocycles. The lowest BCUT2D eigenvalue weighted by molar-refractivity contribution is 0.0956. The third-order valence-electron chi connectivity index (χ3n) is 4.69. The normalized spacial score (nSPS) is 11.0. The van der Waals surface area contributed by atoms with Crippen molar-refractivity contribution in [1.29, 1.82) is 0 Å². The number of hydrogen-bond acceptors (Lipinski definition) is 5. The lowest BCUT2D eigenvalue weighted by Crippen LogP contribution is -2.18. The number of ether oxygens (including phenoxy) is 1. The summed E-state index contributed by atoms with van der Waals surface area (Å²) in [6.07, 6.45) is 1.44. The number of benzene rings is 3. The number of phenolic OH excluding ortho intramolecular Hbond substituents is 1. The highest BCUT2D eigenvalue weighted by atomic mass is 35.5. The minimum Gasteiger partial charge on any atom is -0.504 e. The number of hydrazone groups is 1. The fraction of sp³-hybridized carbons (Fsp3) is 0.0417. The molecule has 0 aliphatic rings. The van der Waals surface area contributed by atoms with Gasteiger partial charge in [0.05, 0.1) is 30.1 Å². The molecule has 1 heterocycles. The topological polar surface area (TPSA) is 83.8 Å². The molecule has 0 fully saturated rings. The highest BCUT2D eigenvalue weighted by Crippen LogP contribution is 2.30. The number of aromatic nitrogens is 1. The van der Waals surface area contributed by atoms with Gasteiger partial charge in [-0.3, -0.25) is 4.79 Å². The molecule has 0 saturated carbocycles. The zero-order chi connectivity index (χ0) is 21.8. The van der Waals surface area contributed by atoms with Gasteiger partial charge in [0.1, 0.15) is 0 Å². The highest BCUT2D eigenvalue weighted by Gasteiger charge is 2.14. The van der Waals surface area contributed by atoms with Gasteiger partial charge in [-0.1, -0.05) is 48.0 Å². The molecule has 0 spiro atoms. The predicted octanol–water partition coefficient (Wildman–Crippen LogP) is 5.03. The van der Waals surface area contributed by atoms with Crippen LogP contribution in [0.4, 0.5) is 0 Å². The van der Waals surface area contributed by atoms with Gasteiger partial charge in [0.2, 0.25) is 0 Å². The Hall–Kier alpha value is -3.90. The van der Waals surface area contributed by atoms with Crippen LogP contribution >= 0.6 is 11.6 Å². The number of phenols is 1. The maximum atomic E-state index is 12.9. The molecule has 154 valence electrons. The van der Waals surface area contributed by atoms with Crippen molar-refractivity contribution >= 4 is 34.6 Å². The van der Waals surface area contributed by atoms with E-state index in [2.05, 4.69) is 15.5 Å². The molecule has 1 amide bonds. The number of halogens is 1. The molecule has 0 bridgehead atoms. The minimum absolute atomic E-state index is 0.0118. The Bertz CT molecular complexity index is 1300. The van der Waals surface area contributed by atoms with Gasteiger partial charge >= 0.3 is 0 Å². The van der Waals surface area contributed by atoms with Crippen molar-refractivity contribution in [2.45, 2.75) is 0 Å². The Kier molecular flexibility index (Phi) is 5.82. The first-order valence-electron chi connectivity index (χ1n) is 9.42. The Labute approximate surface area is 183 Å². The molecule has 7 heteroatoms. The minimum atomic E-state index is -0.388. The van der Waals surface area contributed by atoms with Gasteiger partial charge in [-0.05, 0) is 42.0 Å². The second-order valence-corrected chi connectivity index (χ2v) is 7.09. The van der Waals surface area contributed by atoms with Crippen molar-refractivity contribution in [3.8, 4) is 22.8 Å². The van der Waals surface area contributed by atoms with Crippen molar-refractivity contribution in [3.05, 3.63) is 88.9 Å². The Morgan fingerprint density at radius 2 is 1.87 bits per heavy atom. The van der Waals surface area contributed by atoms with E-state index in [1.54, 1.807) is 24.3 Å². The lowest BCUT2D eigenvalue weighted by Gasteiger charge is -2.10. The largest absolute Gasteiger partial charge is 0.504 e. The summed E-state index contributed by atoms with van der Waals surface area (Å²) in [6.45, 7) is 0. The maximum Gasteiger partial charge on any atom is 0.272 e. The lowest BCUT2D eigenvalue weighted by atomic mass is 10.0. The van der Waals surface area contributed by atoms with Crippen LogP contribution in [-0.2, 0) is 0 Å². The van der Waals surface area contributed by atoms with Crippen LogP contribution in [0.5, 0.6) is 11.5 Å². The Morgan fingerprint density at radius 3 is 2.65 bits per heavy atom. The highest BCUT2D eigenvalue weighted by molar-refractivity contribution is 6.33.